The number of aromatic nitrogens is 2. The lowest BCUT2D eigenvalue weighted by Crippen LogP contribution is -2.07. The molecule has 2 N–H and O–H groups in total. The van der Waals surface area contributed by atoms with E-state index in [1.165, 1.54) is 0 Å². The molecule has 0 aliphatic carbocycles. The maximum Gasteiger partial charge on any atom is 0.208 e. The molecule has 0 aliphatic rings. The van der Waals surface area contributed by atoms with Gasteiger partial charge in [0.05, 0.1) is 0 Å². The highest BCUT2D eigenvalue weighted by molar-refractivity contribution is 8.01. The Bertz CT molecular complexity index is 496. The van der Waals surface area contributed by atoms with Crippen LogP contribution in [-0.4, -0.2) is 24.3 Å². The first-order valence-electron chi connectivity index (χ1n) is 5.16. The molecule has 2 aromatic rings. The van der Waals surface area contributed by atoms with E-state index < -0.39 is 0 Å². The third kappa shape index (κ3) is 3.18. The van der Waals surface area contributed by atoms with Gasteiger partial charge in [-0.15, -0.1) is 10.2 Å². The van der Waals surface area contributed by atoms with E-state index in [0.29, 0.717) is 6.54 Å². The van der Waals surface area contributed by atoms with Gasteiger partial charge >= 0.3 is 0 Å². The summed E-state index contributed by atoms with van der Waals surface area (Å²) in [7, 11) is 3.92. The highest BCUT2D eigenvalue weighted by Crippen LogP contribution is 2.32. The summed E-state index contributed by atoms with van der Waals surface area (Å²) in [6, 6.07) is 8.18. The minimum absolute atomic E-state index is 0.563. The van der Waals surface area contributed by atoms with Crippen molar-refractivity contribution in [3.05, 3.63) is 29.8 Å². The fraction of sp³-hybridized carbons (Fsp3) is 0.273. The second-order valence-electron chi connectivity index (χ2n) is 3.70. The van der Waals surface area contributed by atoms with Crippen LogP contribution in [-0.2, 0) is 6.54 Å². The molecule has 0 atom stereocenters. The molecule has 0 saturated heterocycles. The number of rotatable bonds is 4. The van der Waals surface area contributed by atoms with Crippen LogP contribution >= 0.6 is 23.1 Å². The van der Waals surface area contributed by atoms with E-state index in [0.717, 1.165) is 19.9 Å². The van der Waals surface area contributed by atoms with Crippen LogP contribution in [0.2, 0.25) is 0 Å². The second kappa shape index (κ2) is 5.48. The number of anilines is 1. The van der Waals surface area contributed by atoms with Crippen molar-refractivity contribution in [1.29, 1.82) is 0 Å². The van der Waals surface area contributed by atoms with Gasteiger partial charge in [-0.05, 0) is 17.7 Å². The molecule has 0 amide bonds. The molecule has 0 bridgehead atoms. The first-order valence-corrected chi connectivity index (χ1v) is 6.80. The number of nitrogens with zero attached hydrogens (tertiary/aromatic N) is 3. The molecule has 17 heavy (non-hydrogen) atoms. The summed E-state index contributed by atoms with van der Waals surface area (Å²) < 4.78 is 0.947. The molecule has 0 radical (unpaired) electrons. The van der Waals surface area contributed by atoms with Crippen LogP contribution in [0, 0.1) is 0 Å². The molecule has 0 fully saturated rings. The average molecular weight is 266 g/mol. The number of hydrogen-bond donors (Lipinski definition) is 1. The van der Waals surface area contributed by atoms with Gasteiger partial charge in [0.25, 0.3) is 0 Å². The fourth-order valence-electron chi connectivity index (χ4n) is 1.26. The number of benzene rings is 1. The fourth-order valence-corrected chi connectivity index (χ4v) is 3.08. The van der Waals surface area contributed by atoms with Crippen LogP contribution in [0.4, 0.5) is 5.13 Å². The van der Waals surface area contributed by atoms with Crippen molar-refractivity contribution < 1.29 is 0 Å². The van der Waals surface area contributed by atoms with Crippen LogP contribution in [0.1, 0.15) is 5.56 Å². The van der Waals surface area contributed by atoms with Gasteiger partial charge in [0, 0.05) is 25.5 Å². The second-order valence-corrected chi connectivity index (χ2v) is 5.98. The minimum Gasteiger partial charge on any atom is -0.353 e. The molecular weight excluding hydrogens is 252 g/mol. The summed E-state index contributed by atoms with van der Waals surface area (Å²) >= 11 is 3.20. The first kappa shape index (κ1) is 12.3. The van der Waals surface area contributed by atoms with Gasteiger partial charge in [0.2, 0.25) is 5.13 Å². The summed E-state index contributed by atoms with van der Waals surface area (Å²) in [5.41, 5.74) is 6.75. The largest absolute Gasteiger partial charge is 0.353 e. The van der Waals surface area contributed by atoms with Gasteiger partial charge < -0.3 is 10.6 Å². The summed E-state index contributed by atoms with van der Waals surface area (Å²) in [6.07, 6.45) is 0. The lowest BCUT2D eigenvalue weighted by molar-refractivity contribution is 0.972. The predicted molar refractivity (Wildman–Crippen MR) is 72.7 cm³/mol. The highest BCUT2D eigenvalue weighted by atomic mass is 32.2. The van der Waals surface area contributed by atoms with Crippen molar-refractivity contribution in [3.8, 4) is 0 Å². The van der Waals surface area contributed by atoms with Crippen LogP contribution in [0.25, 0.3) is 0 Å². The van der Waals surface area contributed by atoms with E-state index in [-0.39, 0.29) is 0 Å². The molecule has 2 rings (SSSR count). The molecular formula is C11H14N4S2. The Morgan fingerprint density at radius 1 is 1.35 bits per heavy atom. The molecule has 6 heteroatoms. The Kier molecular flexibility index (Phi) is 3.98. The SMILES string of the molecule is CN(C)c1nnc(Sc2cccc(CN)c2)s1. The Labute approximate surface area is 109 Å². The summed E-state index contributed by atoms with van der Waals surface area (Å²) in [4.78, 5) is 3.10. The van der Waals surface area contributed by atoms with E-state index in [1.54, 1.807) is 23.1 Å². The predicted octanol–water partition coefficient (Wildman–Crippen LogP) is 2.21. The van der Waals surface area contributed by atoms with Crippen LogP contribution in [0.5, 0.6) is 0 Å². The van der Waals surface area contributed by atoms with Gasteiger partial charge in [-0.2, -0.15) is 0 Å². The van der Waals surface area contributed by atoms with Crippen molar-refractivity contribution >= 4 is 28.2 Å². The molecule has 1 aromatic heterocycles. The van der Waals surface area contributed by atoms with Gasteiger partial charge in [-0.1, -0.05) is 35.2 Å². The van der Waals surface area contributed by atoms with E-state index in [4.69, 9.17) is 5.73 Å². The van der Waals surface area contributed by atoms with Crippen LogP contribution < -0.4 is 10.6 Å². The van der Waals surface area contributed by atoms with E-state index in [1.807, 2.05) is 31.1 Å². The molecule has 1 aromatic carbocycles. The molecule has 0 unspecified atom stereocenters. The van der Waals surface area contributed by atoms with Crippen molar-refractivity contribution in [3.63, 3.8) is 0 Å². The van der Waals surface area contributed by atoms with Crippen LogP contribution in [0.3, 0.4) is 0 Å². The van der Waals surface area contributed by atoms with Gasteiger partial charge in [0.15, 0.2) is 4.34 Å². The monoisotopic (exact) mass is 266 g/mol. The van der Waals surface area contributed by atoms with Gasteiger partial charge in [-0.25, -0.2) is 0 Å². The van der Waals surface area contributed by atoms with E-state index in [9.17, 15) is 0 Å². The standard InChI is InChI=1S/C11H14N4S2/c1-15(2)10-13-14-11(17-10)16-9-5-3-4-8(6-9)7-12/h3-6H,7,12H2,1-2H3. The lowest BCUT2D eigenvalue weighted by atomic mass is 10.2. The Morgan fingerprint density at radius 2 is 2.18 bits per heavy atom. The smallest absolute Gasteiger partial charge is 0.208 e. The Balaban J connectivity index is 2.13. The van der Waals surface area contributed by atoms with E-state index >= 15 is 0 Å². The van der Waals surface area contributed by atoms with Crippen molar-refractivity contribution in [2.45, 2.75) is 15.8 Å². The van der Waals surface area contributed by atoms with Crippen LogP contribution in [0.15, 0.2) is 33.5 Å². The zero-order valence-electron chi connectivity index (χ0n) is 9.75. The van der Waals surface area contributed by atoms with Gasteiger partial charge in [0.1, 0.15) is 0 Å². The molecule has 90 valence electrons. The molecule has 4 nitrogen and oxygen atoms in total. The first-order chi connectivity index (χ1) is 8.19. The maximum absolute atomic E-state index is 5.61. The lowest BCUT2D eigenvalue weighted by Gasteiger charge is -2.03. The highest BCUT2D eigenvalue weighted by Gasteiger charge is 2.07. The molecule has 0 saturated carbocycles. The van der Waals surface area contributed by atoms with Crippen molar-refractivity contribution in [1.82, 2.24) is 10.2 Å². The normalized spacial score (nSPS) is 10.5. The molecule has 1 heterocycles. The average Bonchev–Trinajstić information content (AvgIpc) is 2.78. The number of hydrogen-bond acceptors (Lipinski definition) is 6. The zero-order chi connectivity index (χ0) is 12.3. The summed E-state index contributed by atoms with van der Waals surface area (Å²) in [5.74, 6) is 0. The minimum atomic E-state index is 0.563. The number of nitrogens with two attached hydrogens (primary N) is 1. The summed E-state index contributed by atoms with van der Waals surface area (Å²) in [6.45, 7) is 0.563. The molecule has 0 aliphatic heterocycles. The summed E-state index contributed by atoms with van der Waals surface area (Å²) in [5, 5.41) is 9.17. The third-order valence-corrected chi connectivity index (χ3v) is 4.25. The maximum atomic E-state index is 5.61. The Morgan fingerprint density at radius 3 is 2.82 bits per heavy atom. The molecule has 0 spiro atoms. The van der Waals surface area contributed by atoms with Crippen molar-refractivity contribution in [2.75, 3.05) is 19.0 Å². The Hall–Kier alpha value is -1.11. The topological polar surface area (TPSA) is 55.0 Å². The zero-order valence-corrected chi connectivity index (χ0v) is 11.4. The van der Waals surface area contributed by atoms with Gasteiger partial charge in [-0.3, -0.25) is 0 Å². The van der Waals surface area contributed by atoms with Crippen molar-refractivity contribution in [2.24, 2.45) is 5.73 Å². The third-order valence-electron chi connectivity index (χ3n) is 2.12. The quantitative estimate of drug-likeness (QED) is 0.919. The van der Waals surface area contributed by atoms with E-state index in [2.05, 4.69) is 22.3 Å².